The first kappa shape index (κ1) is 18.4. The van der Waals surface area contributed by atoms with E-state index >= 15 is 0 Å². The van der Waals surface area contributed by atoms with E-state index in [0.29, 0.717) is 19.0 Å². The minimum absolute atomic E-state index is 0.0260. The van der Waals surface area contributed by atoms with Crippen molar-refractivity contribution in [3.63, 3.8) is 0 Å². The van der Waals surface area contributed by atoms with Crippen LogP contribution >= 0.6 is 0 Å². The highest BCUT2D eigenvalue weighted by Crippen LogP contribution is 2.44. The number of hydrogen-bond acceptors (Lipinski definition) is 6. The minimum atomic E-state index is -0.572. The van der Waals surface area contributed by atoms with Crippen molar-refractivity contribution < 1.29 is 4.79 Å². The van der Waals surface area contributed by atoms with Crippen molar-refractivity contribution in [2.24, 2.45) is 0 Å². The third kappa shape index (κ3) is 3.21. The summed E-state index contributed by atoms with van der Waals surface area (Å²) < 4.78 is 0. The summed E-state index contributed by atoms with van der Waals surface area (Å²) in [7, 11) is 3.84. The molecule has 4 rings (SSSR count). The van der Waals surface area contributed by atoms with Crippen molar-refractivity contribution in [1.82, 2.24) is 24.8 Å². The average Bonchev–Trinajstić information content (AvgIpc) is 3.01. The number of fused-ring (bicyclic) bond motifs is 2. The Bertz CT molecular complexity index is 1020. The van der Waals surface area contributed by atoms with E-state index in [9.17, 15) is 14.4 Å². The Balaban J connectivity index is 1.57. The van der Waals surface area contributed by atoms with Gasteiger partial charge in [-0.15, -0.1) is 0 Å². The molecule has 2 N–H and O–H groups in total. The molecule has 0 saturated carbocycles. The average molecular weight is 384 g/mol. The molecule has 2 aromatic rings. The fourth-order valence-electron chi connectivity index (χ4n) is 4.33. The van der Waals surface area contributed by atoms with Crippen LogP contribution in [0.25, 0.3) is 0 Å². The van der Waals surface area contributed by atoms with E-state index in [0.717, 1.165) is 36.9 Å². The summed E-state index contributed by atoms with van der Waals surface area (Å²) in [6, 6.07) is 0. The number of piperidine rings is 1. The molecular weight excluding hydrogens is 360 g/mol. The maximum atomic E-state index is 12.9. The van der Waals surface area contributed by atoms with Crippen LogP contribution in [0.1, 0.15) is 36.1 Å². The second-order valence-electron chi connectivity index (χ2n) is 7.91. The Morgan fingerprint density at radius 1 is 1.32 bits per heavy atom. The van der Waals surface area contributed by atoms with Gasteiger partial charge in [-0.25, -0.2) is 14.8 Å². The van der Waals surface area contributed by atoms with Crippen LogP contribution in [0.2, 0.25) is 0 Å². The van der Waals surface area contributed by atoms with Crippen molar-refractivity contribution in [2.45, 2.75) is 37.5 Å². The second-order valence-corrected chi connectivity index (χ2v) is 7.91. The SMILES string of the molecule is CN(C)c1ncc2c(n1)C1(CCCN(C(=O)Cc3c[nH]c(=O)[nH]c3=O)C1)CC2. The molecule has 3 heterocycles. The van der Waals surface area contributed by atoms with Crippen LogP contribution in [0, 0.1) is 0 Å². The Morgan fingerprint density at radius 3 is 2.89 bits per heavy atom. The number of aromatic amines is 2. The van der Waals surface area contributed by atoms with Gasteiger partial charge in [0.2, 0.25) is 11.9 Å². The van der Waals surface area contributed by atoms with Gasteiger partial charge in [0.15, 0.2) is 0 Å². The van der Waals surface area contributed by atoms with Gasteiger partial charge in [0.1, 0.15) is 0 Å². The number of carbonyl (C=O) groups is 1. The number of rotatable bonds is 3. The maximum absolute atomic E-state index is 12.9. The highest BCUT2D eigenvalue weighted by atomic mass is 16.2. The lowest BCUT2D eigenvalue weighted by atomic mass is 9.77. The maximum Gasteiger partial charge on any atom is 0.325 e. The molecule has 1 atom stereocenters. The number of aromatic nitrogens is 4. The Morgan fingerprint density at radius 2 is 2.14 bits per heavy atom. The van der Waals surface area contributed by atoms with Gasteiger partial charge < -0.3 is 14.8 Å². The normalized spacial score (nSPS) is 21.0. The second kappa shape index (κ2) is 6.88. The highest BCUT2D eigenvalue weighted by Gasteiger charge is 2.44. The first-order valence-electron chi connectivity index (χ1n) is 9.50. The molecule has 1 spiro atoms. The monoisotopic (exact) mass is 384 g/mol. The number of likely N-dealkylation sites (tertiary alicyclic amines) is 1. The lowest BCUT2D eigenvalue weighted by Gasteiger charge is -2.40. The predicted octanol–water partition coefficient (Wildman–Crippen LogP) is -0.0317. The molecule has 1 unspecified atom stereocenters. The molecule has 9 heteroatoms. The third-order valence-corrected chi connectivity index (χ3v) is 5.79. The predicted molar refractivity (Wildman–Crippen MR) is 104 cm³/mol. The number of aryl methyl sites for hydroxylation is 1. The number of anilines is 1. The van der Waals surface area contributed by atoms with Gasteiger partial charge in [-0.1, -0.05) is 0 Å². The van der Waals surface area contributed by atoms with E-state index in [1.165, 1.54) is 6.20 Å². The van der Waals surface area contributed by atoms with Gasteiger partial charge in [-0.2, -0.15) is 0 Å². The van der Waals surface area contributed by atoms with Gasteiger partial charge >= 0.3 is 5.69 Å². The van der Waals surface area contributed by atoms with Crippen LogP contribution in [-0.2, 0) is 23.1 Å². The van der Waals surface area contributed by atoms with E-state index in [2.05, 4.69) is 15.0 Å². The quantitative estimate of drug-likeness (QED) is 0.768. The molecule has 1 aliphatic heterocycles. The highest BCUT2D eigenvalue weighted by molar-refractivity contribution is 5.79. The van der Waals surface area contributed by atoms with Gasteiger partial charge in [0.05, 0.1) is 12.1 Å². The van der Waals surface area contributed by atoms with E-state index in [1.807, 2.05) is 30.1 Å². The molecule has 0 radical (unpaired) electrons. The summed E-state index contributed by atoms with van der Waals surface area (Å²) in [6.07, 6.45) is 6.97. The molecule has 28 heavy (non-hydrogen) atoms. The van der Waals surface area contributed by atoms with E-state index < -0.39 is 11.2 Å². The first-order chi connectivity index (χ1) is 13.4. The largest absolute Gasteiger partial charge is 0.347 e. The van der Waals surface area contributed by atoms with Crippen molar-refractivity contribution >= 4 is 11.9 Å². The zero-order valence-corrected chi connectivity index (χ0v) is 16.1. The summed E-state index contributed by atoms with van der Waals surface area (Å²) >= 11 is 0. The minimum Gasteiger partial charge on any atom is -0.347 e. The molecule has 2 aliphatic rings. The smallest absolute Gasteiger partial charge is 0.325 e. The van der Waals surface area contributed by atoms with E-state index in [4.69, 9.17) is 4.98 Å². The molecule has 0 aromatic carbocycles. The molecule has 148 valence electrons. The zero-order chi connectivity index (χ0) is 19.9. The van der Waals surface area contributed by atoms with Crippen LogP contribution in [-0.4, -0.2) is 57.9 Å². The van der Waals surface area contributed by atoms with E-state index in [1.54, 1.807) is 0 Å². The van der Waals surface area contributed by atoms with Crippen LogP contribution < -0.4 is 16.1 Å². The standard InChI is InChI=1S/C19H24N6O3/c1-24(2)17-20-9-12-4-6-19(15(12)22-17)5-3-7-25(11-19)14(26)8-13-10-21-18(28)23-16(13)27/h9-10H,3-8,11H2,1-2H3,(H2,21,23,27,28). The molecule has 2 aromatic heterocycles. The number of H-pyrrole nitrogens is 2. The van der Waals surface area contributed by atoms with Gasteiger partial charge in [0, 0.05) is 50.6 Å². The van der Waals surface area contributed by atoms with Crippen molar-refractivity contribution in [2.75, 3.05) is 32.1 Å². The Kier molecular flexibility index (Phi) is 4.52. The number of nitrogens with zero attached hydrogens (tertiary/aromatic N) is 4. The van der Waals surface area contributed by atoms with Crippen molar-refractivity contribution in [1.29, 1.82) is 0 Å². The fourth-order valence-corrected chi connectivity index (χ4v) is 4.33. The van der Waals surface area contributed by atoms with Gasteiger partial charge in [-0.05, 0) is 31.2 Å². The summed E-state index contributed by atoms with van der Waals surface area (Å²) in [5.41, 5.74) is 1.26. The van der Waals surface area contributed by atoms with Gasteiger partial charge in [-0.3, -0.25) is 14.6 Å². The van der Waals surface area contributed by atoms with Crippen molar-refractivity contribution in [3.8, 4) is 0 Å². The number of hydrogen-bond donors (Lipinski definition) is 2. The van der Waals surface area contributed by atoms with E-state index in [-0.39, 0.29) is 23.3 Å². The summed E-state index contributed by atoms with van der Waals surface area (Å²) in [5, 5.41) is 0. The first-order valence-corrected chi connectivity index (χ1v) is 9.50. The fraction of sp³-hybridized carbons (Fsp3) is 0.526. The summed E-state index contributed by atoms with van der Waals surface area (Å²) in [5.74, 6) is 0.579. The van der Waals surface area contributed by atoms with Crippen molar-refractivity contribution in [3.05, 3.63) is 50.1 Å². The molecule has 1 aliphatic carbocycles. The van der Waals surface area contributed by atoms with Crippen LogP contribution in [0.15, 0.2) is 22.0 Å². The van der Waals surface area contributed by atoms with Crippen LogP contribution in [0.4, 0.5) is 5.95 Å². The van der Waals surface area contributed by atoms with Crippen LogP contribution in [0.5, 0.6) is 0 Å². The number of carbonyl (C=O) groups excluding carboxylic acids is 1. The van der Waals surface area contributed by atoms with Gasteiger partial charge in [0.25, 0.3) is 5.56 Å². The molecule has 1 saturated heterocycles. The Hall–Kier alpha value is -2.97. The Labute approximate surface area is 161 Å². The third-order valence-electron chi connectivity index (χ3n) is 5.79. The lowest BCUT2D eigenvalue weighted by molar-refractivity contribution is -0.132. The number of amides is 1. The zero-order valence-electron chi connectivity index (χ0n) is 16.1. The molecule has 0 bridgehead atoms. The molecule has 1 amide bonds. The molecule has 1 fully saturated rings. The molecular formula is C19H24N6O3. The number of nitrogens with one attached hydrogen (secondary N) is 2. The topological polar surface area (TPSA) is 115 Å². The molecule has 9 nitrogen and oxygen atoms in total. The lowest BCUT2D eigenvalue weighted by Crippen LogP contribution is -2.48. The summed E-state index contributed by atoms with van der Waals surface area (Å²) in [4.78, 5) is 53.5. The summed E-state index contributed by atoms with van der Waals surface area (Å²) in [6.45, 7) is 1.27. The van der Waals surface area contributed by atoms with Crippen LogP contribution in [0.3, 0.4) is 0 Å².